The first-order chi connectivity index (χ1) is 5.20. The van der Waals surface area contributed by atoms with Crippen molar-refractivity contribution in [3.63, 3.8) is 0 Å². The summed E-state index contributed by atoms with van der Waals surface area (Å²) in [4.78, 5) is 0. The van der Waals surface area contributed by atoms with Gasteiger partial charge in [-0.3, -0.25) is 0 Å². The van der Waals surface area contributed by atoms with E-state index in [-0.39, 0.29) is 45.9 Å². The summed E-state index contributed by atoms with van der Waals surface area (Å²) >= 11 is 0. The van der Waals surface area contributed by atoms with Crippen molar-refractivity contribution in [2.75, 3.05) is 0 Å². The summed E-state index contributed by atoms with van der Waals surface area (Å²) in [6, 6.07) is 0. The zero-order valence-electron chi connectivity index (χ0n) is 10.9. The van der Waals surface area contributed by atoms with Crippen LogP contribution in [0.25, 0.3) is 0 Å². The van der Waals surface area contributed by atoms with Gasteiger partial charge in [0.15, 0.2) is 0 Å². The Hall–Kier alpha value is 1.27. The van der Waals surface area contributed by atoms with Gasteiger partial charge in [-0.05, 0) is 0 Å². The quantitative estimate of drug-likeness (QED) is 0.589. The molecule has 0 N–H and O–H groups in total. The van der Waals surface area contributed by atoms with Crippen LogP contribution in [-0.4, -0.2) is 26.4 Å². The normalized spacial score (nSPS) is 8.31. The van der Waals surface area contributed by atoms with E-state index < -0.39 is 0 Å². The van der Waals surface area contributed by atoms with Crippen LogP contribution in [0, 0.1) is 0 Å². The number of hydrogen-bond donors (Lipinski definition) is 0. The van der Waals surface area contributed by atoms with Crippen molar-refractivity contribution in [2.24, 2.45) is 0 Å². The van der Waals surface area contributed by atoms with Gasteiger partial charge < -0.3 is 0 Å². The Labute approximate surface area is 104 Å². The van der Waals surface area contributed by atoms with Gasteiger partial charge in [0.1, 0.15) is 0 Å². The second-order valence-electron chi connectivity index (χ2n) is 4.50. The fourth-order valence-corrected chi connectivity index (χ4v) is 0. The number of hydrogen-bond acceptors (Lipinski definition) is 0. The standard InChI is InChI=1S/3C3H9Si.Ru/c3*1-4(2)3;/h3*1-3H3;. The van der Waals surface area contributed by atoms with Crippen molar-refractivity contribution in [1.29, 1.82) is 0 Å². The maximum atomic E-state index is 2.27. The molecule has 3 radical (unpaired) electrons. The minimum atomic E-state index is 0. The molecular weight excluding hydrogens is 293 g/mol. The molecule has 0 rings (SSSR count). The van der Waals surface area contributed by atoms with E-state index >= 15 is 0 Å². The van der Waals surface area contributed by atoms with Crippen LogP contribution in [0.2, 0.25) is 58.9 Å². The van der Waals surface area contributed by atoms with E-state index in [9.17, 15) is 0 Å². The van der Waals surface area contributed by atoms with Gasteiger partial charge in [0.25, 0.3) is 0 Å². The van der Waals surface area contributed by atoms with E-state index in [1.54, 1.807) is 0 Å². The second kappa shape index (κ2) is 18.9. The molecule has 0 aromatic carbocycles. The van der Waals surface area contributed by atoms with Crippen LogP contribution in [0.3, 0.4) is 0 Å². The van der Waals surface area contributed by atoms with Crippen molar-refractivity contribution >= 4 is 26.4 Å². The van der Waals surface area contributed by atoms with Gasteiger partial charge in [0, 0.05) is 45.9 Å². The molecule has 0 spiro atoms. The van der Waals surface area contributed by atoms with Crippen LogP contribution < -0.4 is 0 Å². The summed E-state index contributed by atoms with van der Waals surface area (Å²) < 4.78 is 0. The number of rotatable bonds is 0. The third-order valence-corrected chi connectivity index (χ3v) is 0. The maximum absolute atomic E-state index is 2.27. The summed E-state index contributed by atoms with van der Waals surface area (Å²) in [6.45, 7) is 20.4. The summed E-state index contributed by atoms with van der Waals surface area (Å²) in [5, 5.41) is 0. The zero-order valence-corrected chi connectivity index (χ0v) is 15.6. The molecule has 13 heavy (non-hydrogen) atoms. The molecule has 0 saturated heterocycles. The van der Waals surface area contributed by atoms with E-state index in [0.717, 1.165) is 0 Å². The van der Waals surface area contributed by atoms with E-state index in [0.29, 0.717) is 0 Å². The van der Waals surface area contributed by atoms with Crippen molar-refractivity contribution in [3.05, 3.63) is 0 Å². The topological polar surface area (TPSA) is 0 Å². The molecule has 0 fully saturated rings. The molecule has 0 saturated carbocycles. The molecule has 83 valence electrons. The van der Waals surface area contributed by atoms with Crippen LogP contribution in [0.15, 0.2) is 0 Å². The summed E-state index contributed by atoms with van der Waals surface area (Å²) in [5.41, 5.74) is 0. The monoisotopic (exact) mass is 321 g/mol. The predicted octanol–water partition coefficient (Wildman–Crippen LogP) is 4.11. The molecule has 0 aliphatic rings. The molecular formula is C9H27RuSi3. The molecule has 0 aliphatic heterocycles. The van der Waals surface area contributed by atoms with Crippen LogP contribution >= 0.6 is 0 Å². The maximum Gasteiger partial charge on any atom is 0.0379 e. The summed E-state index contributed by atoms with van der Waals surface area (Å²) in [5.74, 6) is 0. The Morgan fingerprint density at radius 2 is 0.385 bits per heavy atom. The first kappa shape index (κ1) is 23.8. The average molecular weight is 321 g/mol. The van der Waals surface area contributed by atoms with Gasteiger partial charge in [-0.15, -0.1) is 0 Å². The summed E-state index contributed by atoms with van der Waals surface area (Å²) in [7, 11) is 0.361. The largest absolute Gasteiger partial charge is 0.0715 e. The van der Waals surface area contributed by atoms with Crippen molar-refractivity contribution in [1.82, 2.24) is 0 Å². The fourth-order valence-electron chi connectivity index (χ4n) is 0. The Kier molecular flexibility index (Phi) is 34.7. The Morgan fingerprint density at radius 3 is 0.385 bits per heavy atom. The summed E-state index contributed by atoms with van der Waals surface area (Å²) in [6.07, 6.45) is 0. The predicted molar refractivity (Wildman–Crippen MR) is 70.0 cm³/mol. The van der Waals surface area contributed by atoms with Gasteiger partial charge in [0.05, 0.1) is 0 Å². The van der Waals surface area contributed by atoms with Gasteiger partial charge >= 0.3 is 0 Å². The fraction of sp³-hybridized carbons (Fsp3) is 1.00. The molecule has 4 heteroatoms. The molecule has 0 atom stereocenters. The van der Waals surface area contributed by atoms with Gasteiger partial charge in [-0.2, -0.15) is 0 Å². The SMILES string of the molecule is C[Si](C)C.C[Si](C)C.C[Si](C)C.[Ru]. The van der Waals surface area contributed by atoms with Gasteiger partial charge in [-0.1, -0.05) is 58.9 Å². The van der Waals surface area contributed by atoms with E-state index in [4.69, 9.17) is 0 Å². The molecule has 0 unspecified atom stereocenters. The van der Waals surface area contributed by atoms with E-state index in [1.165, 1.54) is 0 Å². The van der Waals surface area contributed by atoms with Crippen molar-refractivity contribution < 1.29 is 19.5 Å². The van der Waals surface area contributed by atoms with Crippen LogP contribution in [0.4, 0.5) is 0 Å². The third kappa shape index (κ3) is 1040. The molecule has 0 heterocycles. The second-order valence-corrected chi connectivity index (χ2v) is 13.5. The van der Waals surface area contributed by atoms with Crippen LogP contribution in [0.1, 0.15) is 0 Å². The van der Waals surface area contributed by atoms with Crippen LogP contribution in [-0.2, 0) is 19.5 Å². The first-order valence-electron chi connectivity index (χ1n) is 4.50. The minimum absolute atomic E-state index is 0. The van der Waals surface area contributed by atoms with E-state index in [2.05, 4.69) is 58.9 Å². The molecule has 0 aromatic rings. The molecule has 0 amide bonds. The van der Waals surface area contributed by atoms with E-state index in [1.807, 2.05) is 0 Å². The van der Waals surface area contributed by atoms with Crippen molar-refractivity contribution in [3.8, 4) is 0 Å². The zero-order chi connectivity index (χ0) is 10.7. The molecule has 0 aromatic heterocycles. The molecule has 0 nitrogen and oxygen atoms in total. The Morgan fingerprint density at radius 1 is 0.385 bits per heavy atom. The van der Waals surface area contributed by atoms with Gasteiger partial charge in [0.2, 0.25) is 0 Å². The smallest absolute Gasteiger partial charge is 0.0379 e. The van der Waals surface area contributed by atoms with Crippen LogP contribution in [0.5, 0.6) is 0 Å². The Bertz CT molecular complexity index is 43.4. The van der Waals surface area contributed by atoms with Crippen molar-refractivity contribution in [2.45, 2.75) is 58.9 Å². The molecule has 0 bridgehead atoms. The minimum Gasteiger partial charge on any atom is -0.0715 e. The Balaban J connectivity index is -0.0000000450. The average Bonchev–Trinajstić information content (AvgIpc) is 1.54. The van der Waals surface area contributed by atoms with Gasteiger partial charge in [-0.25, -0.2) is 0 Å². The first-order valence-corrected chi connectivity index (χ1v) is 13.5. The third-order valence-electron chi connectivity index (χ3n) is 0. The molecule has 0 aliphatic carbocycles.